The molecule has 66 heavy (non-hydrogen) atoms. The largest absolute Gasteiger partial charge is 0.477 e. The predicted molar refractivity (Wildman–Crippen MR) is 277 cm³/mol. The van der Waals surface area contributed by atoms with Crippen molar-refractivity contribution in [2.45, 2.75) is 264 Å². The second kappa shape index (κ2) is 48.9. The number of hydrogen-bond donors (Lipinski definition) is 1. The highest BCUT2D eigenvalue weighted by Crippen LogP contribution is 2.17. The second-order valence-electron chi connectivity index (χ2n) is 19.9. The van der Waals surface area contributed by atoms with E-state index in [0.717, 1.165) is 57.8 Å². The molecule has 9 heteroatoms. The maximum Gasteiger partial charge on any atom is 0.361 e. The number of unbranched alkanes of at least 4 members (excludes halogenated alkanes) is 30. The van der Waals surface area contributed by atoms with E-state index < -0.39 is 24.3 Å². The summed E-state index contributed by atoms with van der Waals surface area (Å²) < 4.78 is 22.8. The predicted octanol–water partition coefficient (Wildman–Crippen LogP) is 15.7. The number of carbonyl (C=O) groups is 3. The molecular formula is C57H106NO8+. The zero-order valence-electron chi connectivity index (χ0n) is 43.9. The summed E-state index contributed by atoms with van der Waals surface area (Å²) >= 11 is 0. The van der Waals surface area contributed by atoms with E-state index in [1.54, 1.807) is 0 Å². The molecule has 0 aliphatic rings. The van der Waals surface area contributed by atoms with Crippen LogP contribution in [0.1, 0.15) is 251 Å². The number of quaternary nitrogens is 1. The van der Waals surface area contributed by atoms with Gasteiger partial charge in [-0.05, 0) is 51.4 Å². The fourth-order valence-corrected chi connectivity index (χ4v) is 7.84. The lowest BCUT2D eigenvalue weighted by Gasteiger charge is -2.25. The number of nitrogens with zero attached hydrogens (tertiary/aromatic N) is 1. The Morgan fingerprint density at radius 1 is 0.455 bits per heavy atom. The second-order valence-corrected chi connectivity index (χ2v) is 19.9. The van der Waals surface area contributed by atoms with E-state index in [2.05, 4.69) is 50.3 Å². The topological polar surface area (TPSA) is 108 Å². The van der Waals surface area contributed by atoms with Crippen LogP contribution in [-0.2, 0) is 33.3 Å². The SMILES string of the molecule is CCCCC/C=C\C/C=C\C/C=C\CCCCCCCCC(=O)OC(COC(=O)CCCCCCCCCCCCCCCCCCCCCCCC)COC(OCC[N+](C)(C)C)C(=O)O. The van der Waals surface area contributed by atoms with Crippen molar-refractivity contribution in [2.24, 2.45) is 0 Å². The maximum atomic E-state index is 12.8. The first-order chi connectivity index (χ1) is 32.1. The minimum absolute atomic E-state index is 0.184. The number of rotatable bonds is 51. The minimum atomic E-state index is -1.51. The minimum Gasteiger partial charge on any atom is -0.477 e. The van der Waals surface area contributed by atoms with Gasteiger partial charge in [-0.25, -0.2) is 4.79 Å². The molecule has 0 spiro atoms. The first kappa shape index (κ1) is 63.5. The quantitative estimate of drug-likeness (QED) is 0.0211. The zero-order chi connectivity index (χ0) is 48.4. The Bertz CT molecular complexity index is 1180. The Morgan fingerprint density at radius 2 is 0.818 bits per heavy atom. The van der Waals surface area contributed by atoms with Gasteiger partial charge < -0.3 is 28.5 Å². The van der Waals surface area contributed by atoms with Crippen LogP contribution in [0.3, 0.4) is 0 Å². The Hall–Kier alpha value is -2.49. The van der Waals surface area contributed by atoms with Crippen molar-refractivity contribution >= 4 is 17.9 Å². The molecule has 0 aromatic carbocycles. The van der Waals surface area contributed by atoms with E-state index >= 15 is 0 Å². The number of hydrogen-bond acceptors (Lipinski definition) is 7. The molecule has 2 atom stereocenters. The van der Waals surface area contributed by atoms with E-state index in [-0.39, 0.29) is 32.2 Å². The third-order valence-electron chi connectivity index (χ3n) is 12.1. The van der Waals surface area contributed by atoms with Crippen molar-refractivity contribution in [3.63, 3.8) is 0 Å². The average molecular weight is 933 g/mol. The van der Waals surface area contributed by atoms with Gasteiger partial charge in [0.15, 0.2) is 6.10 Å². The highest BCUT2D eigenvalue weighted by Gasteiger charge is 2.25. The Morgan fingerprint density at radius 3 is 1.24 bits per heavy atom. The molecule has 0 bridgehead atoms. The fourth-order valence-electron chi connectivity index (χ4n) is 7.84. The zero-order valence-corrected chi connectivity index (χ0v) is 43.9. The van der Waals surface area contributed by atoms with E-state index in [1.165, 1.54) is 161 Å². The molecule has 0 fully saturated rings. The molecule has 1 N–H and O–H groups in total. The molecule has 0 aromatic rings. The number of likely N-dealkylation sites (N-methyl/N-ethyl adjacent to an activating group) is 1. The van der Waals surface area contributed by atoms with E-state index in [4.69, 9.17) is 18.9 Å². The molecule has 0 aromatic heterocycles. The molecule has 0 radical (unpaired) electrons. The molecule has 386 valence electrons. The van der Waals surface area contributed by atoms with Gasteiger partial charge >= 0.3 is 17.9 Å². The molecular weight excluding hydrogens is 827 g/mol. The van der Waals surface area contributed by atoms with Crippen molar-refractivity contribution in [1.29, 1.82) is 0 Å². The molecule has 0 aliphatic heterocycles. The van der Waals surface area contributed by atoms with Gasteiger partial charge in [0, 0.05) is 12.8 Å². The Balaban J connectivity index is 4.28. The number of allylic oxidation sites excluding steroid dienone is 6. The van der Waals surface area contributed by atoms with Crippen molar-refractivity contribution in [1.82, 2.24) is 0 Å². The van der Waals surface area contributed by atoms with Crippen LogP contribution in [0, 0.1) is 0 Å². The number of carboxylic acids is 1. The smallest absolute Gasteiger partial charge is 0.361 e. The van der Waals surface area contributed by atoms with Crippen molar-refractivity contribution in [3.8, 4) is 0 Å². The van der Waals surface area contributed by atoms with Gasteiger partial charge in [-0.15, -0.1) is 0 Å². The average Bonchev–Trinajstić information content (AvgIpc) is 3.28. The number of aliphatic carboxylic acids is 1. The van der Waals surface area contributed by atoms with Crippen LogP contribution in [0.4, 0.5) is 0 Å². The molecule has 0 rings (SSSR count). The van der Waals surface area contributed by atoms with Crippen LogP contribution in [0.2, 0.25) is 0 Å². The van der Waals surface area contributed by atoms with Crippen molar-refractivity contribution in [3.05, 3.63) is 36.5 Å². The van der Waals surface area contributed by atoms with Gasteiger partial charge in [0.1, 0.15) is 13.2 Å². The highest BCUT2D eigenvalue weighted by atomic mass is 16.7. The summed E-state index contributed by atoms with van der Waals surface area (Å²) in [5, 5.41) is 9.68. The Labute approximate surface area is 407 Å². The van der Waals surface area contributed by atoms with E-state index in [1.807, 2.05) is 21.1 Å². The first-order valence-electron chi connectivity index (χ1n) is 27.7. The number of carbonyl (C=O) groups excluding carboxylic acids is 2. The number of carboxylic acid groups (broad SMARTS) is 1. The third kappa shape index (κ3) is 49.4. The van der Waals surface area contributed by atoms with Gasteiger partial charge in [-0.1, -0.05) is 224 Å². The third-order valence-corrected chi connectivity index (χ3v) is 12.1. The summed E-state index contributed by atoms with van der Waals surface area (Å²) in [5.41, 5.74) is 0. The summed E-state index contributed by atoms with van der Waals surface area (Å²) in [5.74, 6) is -2.01. The molecule has 0 saturated carbocycles. The number of ether oxygens (including phenoxy) is 4. The molecule has 0 heterocycles. The van der Waals surface area contributed by atoms with E-state index in [0.29, 0.717) is 23.9 Å². The summed E-state index contributed by atoms with van der Waals surface area (Å²) in [4.78, 5) is 37.4. The summed E-state index contributed by atoms with van der Waals surface area (Å²) in [7, 11) is 5.96. The number of esters is 2. The van der Waals surface area contributed by atoms with Crippen LogP contribution >= 0.6 is 0 Å². The van der Waals surface area contributed by atoms with Crippen LogP contribution in [-0.4, -0.2) is 87.4 Å². The first-order valence-corrected chi connectivity index (χ1v) is 27.7. The molecule has 2 unspecified atom stereocenters. The summed E-state index contributed by atoms with van der Waals surface area (Å²) in [6, 6.07) is 0. The van der Waals surface area contributed by atoms with Crippen molar-refractivity contribution < 1.29 is 42.9 Å². The van der Waals surface area contributed by atoms with Crippen LogP contribution in [0.15, 0.2) is 36.5 Å². The molecule has 0 amide bonds. The maximum absolute atomic E-state index is 12.8. The van der Waals surface area contributed by atoms with Gasteiger partial charge in [-0.3, -0.25) is 9.59 Å². The molecule has 0 aliphatic carbocycles. The lowest BCUT2D eigenvalue weighted by atomic mass is 10.0. The highest BCUT2D eigenvalue weighted by molar-refractivity contribution is 5.71. The Kier molecular flexibility index (Phi) is 47.1. The summed E-state index contributed by atoms with van der Waals surface area (Å²) in [6.45, 7) is 4.87. The summed E-state index contributed by atoms with van der Waals surface area (Å²) in [6.07, 6.45) is 55.0. The monoisotopic (exact) mass is 933 g/mol. The normalized spacial score (nSPS) is 13.0. The molecule has 0 saturated heterocycles. The van der Waals surface area contributed by atoms with Crippen LogP contribution in [0.25, 0.3) is 0 Å². The van der Waals surface area contributed by atoms with Gasteiger partial charge in [-0.2, -0.15) is 0 Å². The molecule has 9 nitrogen and oxygen atoms in total. The lowest BCUT2D eigenvalue weighted by Crippen LogP contribution is -2.40. The lowest BCUT2D eigenvalue weighted by molar-refractivity contribution is -0.870. The van der Waals surface area contributed by atoms with Gasteiger partial charge in [0.25, 0.3) is 6.29 Å². The standard InChI is InChI=1S/C57H105NO8/c1-6-8-10-12-14-16-18-20-22-24-26-27-28-30-31-33-35-37-39-41-43-45-47-54(59)64-51-53(52-65-57(56(61)62)63-50-49-58(3,4)5)66-55(60)48-46-44-42-40-38-36-34-32-29-25-23-21-19-17-15-13-11-9-7-2/h15,17,21,23,29,32,53,57H,6-14,16,18-20,22,24-28,30-31,33-52H2,1-5H3/p+1/b17-15-,23-21-,32-29-. The fraction of sp³-hybridized carbons (Fsp3) is 0.842. The van der Waals surface area contributed by atoms with Gasteiger partial charge in [0.2, 0.25) is 0 Å². The van der Waals surface area contributed by atoms with Crippen molar-refractivity contribution in [2.75, 3.05) is 47.5 Å². The van der Waals surface area contributed by atoms with E-state index in [9.17, 15) is 19.5 Å². The van der Waals surface area contributed by atoms with Crippen LogP contribution < -0.4 is 0 Å². The van der Waals surface area contributed by atoms with Gasteiger partial charge in [0.05, 0.1) is 34.4 Å². The van der Waals surface area contributed by atoms with Crippen LogP contribution in [0.5, 0.6) is 0 Å².